The fraction of sp³-hybridized carbons (Fsp3) is 0.0625. The Morgan fingerprint density at radius 2 is 2.04 bits per heavy atom. The van der Waals surface area contributed by atoms with E-state index < -0.39 is 0 Å². The third-order valence-electron chi connectivity index (χ3n) is 3.29. The molecule has 2 aromatic carbocycles. The lowest BCUT2D eigenvalue weighted by atomic mass is 10.1. The SMILES string of the molecule is Oc1ccc(Cl)cc1/C=N/n1c(Cc2ccc(F)cc2)n[nH]c1=S. The predicted molar refractivity (Wildman–Crippen MR) is 92.7 cm³/mol. The van der Waals surface area contributed by atoms with Crippen LogP contribution in [0.1, 0.15) is 17.0 Å². The lowest BCUT2D eigenvalue weighted by Gasteiger charge is -2.02. The molecule has 0 bridgehead atoms. The number of benzene rings is 2. The number of aromatic nitrogens is 3. The number of phenols is 1. The number of aromatic hydroxyl groups is 1. The normalized spacial score (nSPS) is 11.2. The molecule has 122 valence electrons. The lowest BCUT2D eigenvalue weighted by molar-refractivity contribution is 0.474. The molecule has 24 heavy (non-hydrogen) atoms. The van der Waals surface area contributed by atoms with Crippen molar-refractivity contribution in [2.45, 2.75) is 6.42 Å². The summed E-state index contributed by atoms with van der Waals surface area (Å²) < 4.78 is 14.7. The van der Waals surface area contributed by atoms with Crippen molar-refractivity contribution in [3.8, 4) is 5.75 Å². The second-order valence-electron chi connectivity index (χ2n) is 5.01. The van der Waals surface area contributed by atoms with Crippen molar-refractivity contribution < 1.29 is 9.50 Å². The van der Waals surface area contributed by atoms with E-state index in [0.29, 0.717) is 27.6 Å². The van der Waals surface area contributed by atoms with Gasteiger partial charge in [-0.05, 0) is 48.1 Å². The number of aromatic amines is 1. The van der Waals surface area contributed by atoms with Crippen molar-refractivity contribution in [1.82, 2.24) is 14.9 Å². The van der Waals surface area contributed by atoms with Gasteiger partial charge in [-0.15, -0.1) is 0 Å². The summed E-state index contributed by atoms with van der Waals surface area (Å²) in [6.45, 7) is 0. The molecule has 8 heteroatoms. The number of hydrogen-bond donors (Lipinski definition) is 2. The molecule has 0 saturated heterocycles. The van der Waals surface area contributed by atoms with Crippen molar-refractivity contribution in [3.05, 3.63) is 75.0 Å². The van der Waals surface area contributed by atoms with Crippen LogP contribution in [0.4, 0.5) is 4.39 Å². The summed E-state index contributed by atoms with van der Waals surface area (Å²) in [6.07, 6.45) is 1.87. The van der Waals surface area contributed by atoms with Crippen molar-refractivity contribution in [1.29, 1.82) is 0 Å². The maximum absolute atomic E-state index is 13.0. The minimum Gasteiger partial charge on any atom is -0.507 e. The fourth-order valence-corrected chi connectivity index (χ4v) is 2.47. The molecule has 0 aliphatic rings. The molecular weight excluding hydrogens is 351 g/mol. The first-order valence-corrected chi connectivity index (χ1v) is 7.75. The molecule has 0 amide bonds. The molecule has 1 aromatic heterocycles. The first-order chi connectivity index (χ1) is 11.5. The van der Waals surface area contributed by atoms with Crippen LogP contribution in [0.25, 0.3) is 0 Å². The largest absolute Gasteiger partial charge is 0.507 e. The van der Waals surface area contributed by atoms with E-state index >= 15 is 0 Å². The van der Waals surface area contributed by atoms with Gasteiger partial charge in [0, 0.05) is 17.0 Å². The van der Waals surface area contributed by atoms with Gasteiger partial charge < -0.3 is 5.11 Å². The summed E-state index contributed by atoms with van der Waals surface area (Å²) in [5.41, 5.74) is 1.32. The van der Waals surface area contributed by atoms with Crippen LogP contribution in [0.5, 0.6) is 5.75 Å². The van der Waals surface area contributed by atoms with E-state index in [1.807, 2.05) is 0 Å². The molecule has 0 fully saturated rings. The van der Waals surface area contributed by atoms with Gasteiger partial charge in [-0.25, -0.2) is 4.39 Å². The van der Waals surface area contributed by atoms with E-state index in [1.54, 1.807) is 24.3 Å². The Labute approximate surface area is 147 Å². The molecule has 5 nitrogen and oxygen atoms in total. The van der Waals surface area contributed by atoms with E-state index in [9.17, 15) is 9.50 Å². The molecular formula is C16H12ClFN4OS. The van der Waals surface area contributed by atoms with Crippen LogP contribution in [-0.4, -0.2) is 26.2 Å². The highest BCUT2D eigenvalue weighted by atomic mass is 35.5. The van der Waals surface area contributed by atoms with Crippen LogP contribution in [0, 0.1) is 10.6 Å². The van der Waals surface area contributed by atoms with Crippen molar-refractivity contribution in [3.63, 3.8) is 0 Å². The Balaban J connectivity index is 1.90. The van der Waals surface area contributed by atoms with Gasteiger partial charge in [-0.1, -0.05) is 23.7 Å². The highest BCUT2D eigenvalue weighted by molar-refractivity contribution is 7.71. The zero-order chi connectivity index (χ0) is 17.1. The molecule has 0 spiro atoms. The first kappa shape index (κ1) is 16.4. The third-order valence-corrected chi connectivity index (χ3v) is 3.79. The summed E-state index contributed by atoms with van der Waals surface area (Å²) in [5, 5.41) is 21.4. The zero-order valence-electron chi connectivity index (χ0n) is 12.3. The average Bonchev–Trinajstić information content (AvgIpc) is 2.90. The van der Waals surface area contributed by atoms with Gasteiger partial charge in [-0.3, -0.25) is 5.10 Å². The van der Waals surface area contributed by atoms with Crippen LogP contribution in [0.15, 0.2) is 47.6 Å². The van der Waals surface area contributed by atoms with Crippen LogP contribution in [0.3, 0.4) is 0 Å². The maximum Gasteiger partial charge on any atom is 0.216 e. The van der Waals surface area contributed by atoms with Gasteiger partial charge in [0.15, 0.2) is 5.82 Å². The van der Waals surface area contributed by atoms with Gasteiger partial charge >= 0.3 is 0 Å². The monoisotopic (exact) mass is 362 g/mol. The number of phenolic OH excluding ortho intramolecular Hbond substituents is 1. The quantitative estimate of drug-likeness (QED) is 0.546. The van der Waals surface area contributed by atoms with E-state index in [0.717, 1.165) is 5.56 Å². The van der Waals surface area contributed by atoms with Crippen molar-refractivity contribution >= 4 is 30.0 Å². The summed E-state index contributed by atoms with van der Waals surface area (Å²) in [7, 11) is 0. The second-order valence-corrected chi connectivity index (χ2v) is 5.83. The van der Waals surface area contributed by atoms with Crippen molar-refractivity contribution in [2.24, 2.45) is 5.10 Å². The van der Waals surface area contributed by atoms with Crippen molar-refractivity contribution in [2.75, 3.05) is 0 Å². The zero-order valence-corrected chi connectivity index (χ0v) is 13.9. The molecule has 0 radical (unpaired) electrons. The van der Waals surface area contributed by atoms with Crippen LogP contribution < -0.4 is 0 Å². The summed E-state index contributed by atoms with van der Waals surface area (Å²) >= 11 is 11.1. The Hall–Kier alpha value is -2.51. The molecule has 3 rings (SSSR count). The predicted octanol–water partition coefficient (Wildman–Crippen LogP) is 3.91. The van der Waals surface area contributed by atoms with Crippen LogP contribution in [0.2, 0.25) is 5.02 Å². The molecule has 0 aliphatic heterocycles. The van der Waals surface area contributed by atoms with E-state index in [4.69, 9.17) is 23.8 Å². The number of nitrogens with one attached hydrogen (secondary N) is 1. The minimum atomic E-state index is -0.299. The Bertz CT molecular complexity index is 949. The minimum absolute atomic E-state index is 0.0539. The fourth-order valence-electron chi connectivity index (χ4n) is 2.09. The molecule has 0 atom stereocenters. The number of rotatable bonds is 4. The topological polar surface area (TPSA) is 66.2 Å². The van der Waals surface area contributed by atoms with E-state index in [2.05, 4.69) is 15.3 Å². The lowest BCUT2D eigenvalue weighted by Crippen LogP contribution is -2.00. The van der Waals surface area contributed by atoms with Gasteiger partial charge in [0.2, 0.25) is 4.77 Å². The van der Waals surface area contributed by atoms with E-state index in [-0.39, 0.29) is 11.6 Å². The standard InChI is InChI=1S/C16H12ClFN4OS/c17-12-3-6-14(23)11(8-12)9-19-22-15(20-21-16(22)24)7-10-1-4-13(18)5-2-10/h1-6,8-9,23H,7H2,(H,21,24)/b19-9+. The van der Waals surface area contributed by atoms with Gasteiger partial charge in [0.05, 0.1) is 6.21 Å². The number of halogens is 2. The average molecular weight is 363 g/mol. The number of hydrogen-bond acceptors (Lipinski definition) is 4. The molecule has 3 aromatic rings. The second kappa shape index (κ2) is 6.94. The molecule has 0 saturated carbocycles. The number of H-pyrrole nitrogens is 1. The Morgan fingerprint density at radius 1 is 1.29 bits per heavy atom. The highest BCUT2D eigenvalue weighted by Gasteiger charge is 2.07. The maximum atomic E-state index is 13.0. The summed E-state index contributed by atoms with van der Waals surface area (Å²) in [4.78, 5) is 0. The van der Waals surface area contributed by atoms with E-state index in [1.165, 1.54) is 29.1 Å². The van der Waals surface area contributed by atoms with Gasteiger partial charge in [0.1, 0.15) is 11.6 Å². The summed E-state index contributed by atoms with van der Waals surface area (Å²) in [5.74, 6) is 0.315. The van der Waals surface area contributed by atoms with Gasteiger partial charge in [-0.2, -0.15) is 14.9 Å². The molecule has 0 unspecified atom stereocenters. The molecule has 2 N–H and O–H groups in total. The Morgan fingerprint density at radius 3 is 2.79 bits per heavy atom. The first-order valence-electron chi connectivity index (χ1n) is 6.96. The Kier molecular flexibility index (Phi) is 4.73. The van der Waals surface area contributed by atoms with Crippen LogP contribution >= 0.6 is 23.8 Å². The summed E-state index contributed by atoms with van der Waals surface area (Å²) in [6, 6.07) is 10.8. The smallest absolute Gasteiger partial charge is 0.216 e. The molecule has 0 aliphatic carbocycles. The molecule has 1 heterocycles. The number of nitrogens with zero attached hydrogens (tertiary/aromatic N) is 3. The van der Waals surface area contributed by atoms with Gasteiger partial charge in [0.25, 0.3) is 0 Å². The van der Waals surface area contributed by atoms with Crippen LogP contribution in [-0.2, 0) is 6.42 Å². The third kappa shape index (κ3) is 3.69. The highest BCUT2D eigenvalue weighted by Crippen LogP contribution is 2.19.